The van der Waals surface area contributed by atoms with Crippen LogP contribution in [0.1, 0.15) is 42.3 Å². The van der Waals surface area contributed by atoms with Gasteiger partial charge in [0, 0.05) is 32.0 Å². The van der Waals surface area contributed by atoms with Crippen LogP contribution in [0.4, 0.5) is 14.6 Å². The Morgan fingerprint density at radius 2 is 1.92 bits per heavy atom. The molecular formula is C27H25F2N7O. The Bertz CT molecular complexity index is 1530. The Morgan fingerprint density at radius 1 is 1.16 bits per heavy atom. The first-order valence-electron chi connectivity index (χ1n) is 12.1. The van der Waals surface area contributed by atoms with Crippen molar-refractivity contribution in [2.75, 3.05) is 18.8 Å². The summed E-state index contributed by atoms with van der Waals surface area (Å²) in [6.07, 6.45) is 4.10. The van der Waals surface area contributed by atoms with Crippen molar-refractivity contribution in [3.63, 3.8) is 0 Å². The predicted molar refractivity (Wildman–Crippen MR) is 133 cm³/mol. The molecule has 0 aliphatic carbocycles. The van der Waals surface area contributed by atoms with Crippen molar-refractivity contribution < 1.29 is 13.6 Å². The Kier molecular flexibility index (Phi) is 6.53. The van der Waals surface area contributed by atoms with E-state index in [0.717, 1.165) is 18.4 Å². The number of nitrogens with two attached hydrogens (primary N) is 1. The zero-order valence-corrected chi connectivity index (χ0v) is 20.3. The van der Waals surface area contributed by atoms with E-state index in [4.69, 9.17) is 11.0 Å². The van der Waals surface area contributed by atoms with E-state index in [1.807, 2.05) is 17.0 Å². The van der Waals surface area contributed by atoms with Crippen LogP contribution in [0.2, 0.25) is 0 Å². The minimum absolute atomic E-state index is 0.0454. The van der Waals surface area contributed by atoms with E-state index in [0.29, 0.717) is 36.8 Å². The van der Waals surface area contributed by atoms with Crippen molar-refractivity contribution in [2.45, 2.75) is 32.6 Å². The number of carbonyl (C=O) groups excluding carboxylic acids is 1. The second-order valence-electron chi connectivity index (χ2n) is 9.29. The van der Waals surface area contributed by atoms with Gasteiger partial charge in [-0.2, -0.15) is 10.4 Å². The maximum atomic E-state index is 15.0. The standard InChI is InChI=1S/C27H25F2N7O/c1-16(37)35-10-8-17(9-11-35)12-18-4-3-7-22(28)21(18)13-24-33-27-26(31)32-23(15-36(27)34-24)20-6-2-5-19(14-30)25(20)29/h2-7,15,17H,8-13H2,1H3,(H2,31,32). The van der Waals surface area contributed by atoms with Crippen molar-refractivity contribution in [1.82, 2.24) is 24.5 Å². The topological polar surface area (TPSA) is 113 Å². The van der Waals surface area contributed by atoms with Crippen LogP contribution < -0.4 is 5.73 Å². The number of likely N-dealkylation sites (tertiary alicyclic amines) is 1. The average Bonchev–Trinajstić information content (AvgIpc) is 3.30. The number of rotatable bonds is 5. The number of aromatic nitrogens is 4. The number of hydrogen-bond donors (Lipinski definition) is 1. The highest BCUT2D eigenvalue weighted by atomic mass is 19.1. The highest BCUT2D eigenvalue weighted by Crippen LogP contribution is 2.28. The molecule has 37 heavy (non-hydrogen) atoms. The largest absolute Gasteiger partial charge is 0.381 e. The second-order valence-corrected chi connectivity index (χ2v) is 9.29. The van der Waals surface area contributed by atoms with E-state index >= 15 is 0 Å². The lowest BCUT2D eigenvalue weighted by Gasteiger charge is -2.31. The molecule has 0 spiro atoms. The summed E-state index contributed by atoms with van der Waals surface area (Å²) in [4.78, 5) is 22.2. The predicted octanol–water partition coefficient (Wildman–Crippen LogP) is 3.92. The number of amides is 1. The molecule has 1 aliphatic heterocycles. The molecule has 0 unspecified atom stereocenters. The summed E-state index contributed by atoms with van der Waals surface area (Å²) in [6.45, 7) is 3.01. The van der Waals surface area contributed by atoms with Crippen LogP contribution in [-0.4, -0.2) is 43.5 Å². The van der Waals surface area contributed by atoms with Gasteiger partial charge < -0.3 is 10.6 Å². The van der Waals surface area contributed by atoms with E-state index in [2.05, 4.69) is 15.1 Å². The highest BCUT2D eigenvalue weighted by Gasteiger charge is 2.23. The van der Waals surface area contributed by atoms with Gasteiger partial charge in [0.15, 0.2) is 17.3 Å². The van der Waals surface area contributed by atoms with Crippen molar-refractivity contribution >= 4 is 17.4 Å². The molecule has 10 heteroatoms. The van der Waals surface area contributed by atoms with Crippen molar-refractivity contribution in [3.8, 4) is 17.3 Å². The van der Waals surface area contributed by atoms with Gasteiger partial charge in [0.25, 0.3) is 0 Å². The number of carbonyl (C=O) groups is 1. The number of nitriles is 1. The molecule has 3 heterocycles. The Labute approximate surface area is 212 Å². The maximum absolute atomic E-state index is 15.0. The Morgan fingerprint density at radius 3 is 2.65 bits per heavy atom. The molecule has 2 aromatic carbocycles. The summed E-state index contributed by atoms with van der Waals surface area (Å²) in [5.74, 6) is -0.188. The first kappa shape index (κ1) is 24.3. The van der Waals surface area contributed by atoms with E-state index < -0.39 is 5.82 Å². The lowest BCUT2D eigenvalue weighted by molar-refractivity contribution is -0.130. The fourth-order valence-corrected chi connectivity index (χ4v) is 4.89. The quantitative estimate of drug-likeness (QED) is 0.444. The molecule has 188 valence electrons. The van der Waals surface area contributed by atoms with Gasteiger partial charge in [-0.15, -0.1) is 0 Å². The first-order chi connectivity index (χ1) is 17.8. The van der Waals surface area contributed by atoms with Crippen molar-refractivity contribution in [2.24, 2.45) is 5.92 Å². The lowest BCUT2D eigenvalue weighted by Crippen LogP contribution is -2.37. The number of fused-ring (bicyclic) bond motifs is 1. The lowest BCUT2D eigenvalue weighted by atomic mass is 9.87. The SMILES string of the molecule is CC(=O)N1CCC(Cc2cccc(F)c2Cc2nc3c(N)nc(-c4cccc(C#N)c4F)cn3n2)CC1. The van der Waals surface area contributed by atoms with Gasteiger partial charge in [0.1, 0.15) is 17.7 Å². The van der Waals surface area contributed by atoms with Crippen LogP contribution in [0.3, 0.4) is 0 Å². The molecule has 2 N–H and O–H groups in total. The van der Waals surface area contributed by atoms with Gasteiger partial charge in [0.05, 0.1) is 17.5 Å². The number of halogens is 2. The summed E-state index contributed by atoms with van der Waals surface area (Å²) in [6, 6.07) is 11.3. The number of nitrogen functional groups attached to an aromatic ring is 1. The van der Waals surface area contributed by atoms with Crippen LogP contribution in [0.25, 0.3) is 16.9 Å². The number of benzene rings is 2. The van der Waals surface area contributed by atoms with Crippen LogP contribution in [0.5, 0.6) is 0 Å². The molecule has 1 fully saturated rings. The minimum Gasteiger partial charge on any atom is -0.381 e. The average molecular weight is 502 g/mol. The van der Waals surface area contributed by atoms with E-state index in [1.54, 1.807) is 19.1 Å². The monoisotopic (exact) mass is 501 g/mol. The Hall–Kier alpha value is -4.39. The second kappa shape index (κ2) is 9.93. The fourth-order valence-electron chi connectivity index (χ4n) is 4.89. The fraction of sp³-hybridized carbons (Fsp3) is 0.296. The number of hydrogen-bond acceptors (Lipinski definition) is 6. The third-order valence-corrected chi connectivity index (χ3v) is 6.90. The summed E-state index contributed by atoms with van der Waals surface area (Å²) in [7, 11) is 0. The van der Waals surface area contributed by atoms with Gasteiger partial charge in [-0.3, -0.25) is 4.79 Å². The molecular weight excluding hydrogens is 476 g/mol. The van der Waals surface area contributed by atoms with Crippen LogP contribution >= 0.6 is 0 Å². The zero-order valence-electron chi connectivity index (χ0n) is 20.3. The van der Waals surface area contributed by atoms with Gasteiger partial charge in [-0.25, -0.2) is 23.3 Å². The molecule has 5 rings (SSSR count). The third kappa shape index (κ3) is 4.85. The van der Waals surface area contributed by atoms with Gasteiger partial charge >= 0.3 is 0 Å². The molecule has 1 saturated heterocycles. The van der Waals surface area contributed by atoms with E-state index in [-0.39, 0.29) is 46.4 Å². The number of nitrogens with zero attached hydrogens (tertiary/aromatic N) is 6. The molecule has 0 radical (unpaired) electrons. The molecule has 1 amide bonds. The van der Waals surface area contributed by atoms with Crippen LogP contribution in [0.15, 0.2) is 42.6 Å². The first-order valence-corrected chi connectivity index (χ1v) is 12.1. The summed E-state index contributed by atoms with van der Waals surface area (Å²) in [5, 5.41) is 13.6. The maximum Gasteiger partial charge on any atom is 0.219 e. The van der Waals surface area contributed by atoms with Gasteiger partial charge in [-0.05, 0) is 54.5 Å². The Balaban J connectivity index is 1.42. The molecule has 0 atom stereocenters. The van der Waals surface area contributed by atoms with Gasteiger partial charge in [-0.1, -0.05) is 18.2 Å². The van der Waals surface area contributed by atoms with Gasteiger partial charge in [0.2, 0.25) is 5.91 Å². The minimum atomic E-state index is -0.693. The smallest absolute Gasteiger partial charge is 0.219 e. The molecule has 0 saturated carbocycles. The molecule has 4 aromatic rings. The van der Waals surface area contributed by atoms with Crippen molar-refractivity contribution in [1.29, 1.82) is 5.26 Å². The third-order valence-electron chi connectivity index (χ3n) is 6.90. The van der Waals surface area contributed by atoms with Crippen molar-refractivity contribution in [3.05, 3.63) is 76.7 Å². The summed E-state index contributed by atoms with van der Waals surface area (Å²) < 4.78 is 31.1. The summed E-state index contributed by atoms with van der Waals surface area (Å²) >= 11 is 0. The van der Waals surface area contributed by atoms with E-state index in [1.165, 1.54) is 28.9 Å². The van der Waals surface area contributed by atoms with Crippen LogP contribution in [-0.2, 0) is 17.6 Å². The zero-order chi connectivity index (χ0) is 26.1. The number of piperidine rings is 1. The van der Waals surface area contributed by atoms with Crippen LogP contribution in [0, 0.1) is 28.9 Å². The summed E-state index contributed by atoms with van der Waals surface area (Å²) in [5.41, 5.74) is 8.04. The molecule has 0 bridgehead atoms. The van der Waals surface area contributed by atoms with E-state index in [9.17, 15) is 13.6 Å². The molecule has 1 aliphatic rings. The molecule has 2 aromatic heterocycles. The normalized spacial score (nSPS) is 14.2. The number of anilines is 1. The molecule has 8 nitrogen and oxygen atoms in total. The highest BCUT2D eigenvalue weighted by molar-refractivity contribution is 5.73.